The molecular weight excluding hydrogens is 196 g/mol. The summed E-state index contributed by atoms with van der Waals surface area (Å²) in [6, 6.07) is 0. The molecule has 5 nitrogen and oxygen atoms in total. The van der Waals surface area contributed by atoms with Crippen LogP contribution in [0.5, 0.6) is 0 Å². The van der Waals surface area contributed by atoms with E-state index < -0.39 is 5.97 Å². The Morgan fingerprint density at radius 3 is 2.73 bits per heavy atom. The van der Waals surface area contributed by atoms with Crippen LogP contribution < -0.4 is 5.32 Å². The molecule has 1 atom stereocenters. The number of nitrogens with one attached hydrogen (secondary N) is 1. The van der Waals surface area contributed by atoms with Gasteiger partial charge < -0.3 is 15.5 Å². The zero-order valence-electron chi connectivity index (χ0n) is 8.78. The van der Waals surface area contributed by atoms with Crippen LogP contribution in [0.2, 0.25) is 0 Å². The van der Waals surface area contributed by atoms with E-state index in [0.717, 1.165) is 32.5 Å². The molecular formula is C10H18N2O3. The third kappa shape index (κ3) is 2.14. The highest BCUT2D eigenvalue weighted by Crippen LogP contribution is 2.28. The topological polar surface area (TPSA) is 72.8 Å². The number of aliphatic hydroxyl groups is 1. The van der Waals surface area contributed by atoms with Crippen LogP contribution in [0.25, 0.3) is 0 Å². The molecule has 2 aliphatic heterocycles. The molecule has 5 heteroatoms. The Morgan fingerprint density at radius 1 is 1.53 bits per heavy atom. The second kappa shape index (κ2) is 4.08. The first-order chi connectivity index (χ1) is 7.12. The van der Waals surface area contributed by atoms with Crippen molar-refractivity contribution < 1.29 is 15.0 Å². The molecule has 0 bridgehead atoms. The maximum absolute atomic E-state index is 10.8. The Balaban J connectivity index is 2.01. The molecule has 0 radical (unpaired) electrons. The summed E-state index contributed by atoms with van der Waals surface area (Å²) in [4.78, 5) is 13.0. The van der Waals surface area contributed by atoms with Gasteiger partial charge in [-0.05, 0) is 19.4 Å². The predicted molar refractivity (Wildman–Crippen MR) is 54.7 cm³/mol. The zero-order valence-corrected chi connectivity index (χ0v) is 8.78. The van der Waals surface area contributed by atoms with Crippen LogP contribution in [-0.2, 0) is 4.79 Å². The lowest BCUT2D eigenvalue weighted by molar-refractivity contribution is -0.143. The maximum Gasteiger partial charge on any atom is 0.305 e. The summed E-state index contributed by atoms with van der Waals surface area (Å²) in [6.45, 7) is 2.99. The molecule has 0 amide bonds. The molecule has 0 aliphatic carbocycles. The van der Waals surface area contributed by atoms with Crippen LogP contribution in [0.15, 0.2) is 0 Å². The van der Waals surface area contributed by atoms with Gasteiger partial charge in [-0.15, -0.1) is 0 Å². The first kappa shape index (κ1) is 10.9. The van der Waals surface area contributed by atoms with E-state index in [1.54, 1.807) is 0 Å². The summed E-state index contributed by atoms with van der Waals surface area (Å²) in [5.74, 6) is -0.753. The Morgan fingerprint density at radius 2 is 2.27 bits per heavy atom. The largest absolute Gasteiger partial charge is 0.481 e. The third-order valence-electron chi connectivity index (χ3n) is 3.46. The molecule has 2 heterocycles. The number of piperidine rings is 1. The Labute approximate surface area is 89.1 Å². The minimum Gasteiger partial charge on any atom is -0.481 e. The van der Waals surface area contributed by atoms with Crippen molar-refractivity contribution in [3.05, 3.63) is 0 Å². The van der Waals surface area contributed by atoms with E-state index in [2.05, 4.69) is 10.2 Å². The summed E-state index contributed by atoms with van der Waals surface area (Å²) >= 11 is 0. The molecule has 0 aromatic rings. The summed E-state index contributed by atoms with van der Waals surface area (Å²) in [7, 11) is 0. The summed E-state index contributed by atoms with van der Waals surface area (Å²) in [6.07, 6.45) is 1.69. The average Bonchev–Trinajstić information content (AvgIpc) is 2.11. The van der Waals surface area contributed by atoms with E-state index in [-0.39, 0.29) is 18.1 Å². The van der Waals surface area contributed by atoms with E-state index in [1.165, 1.54) is 0 Å². The lowest BCUT2D eigenvalue weighted by Gasteiger charge is -2.52. The quantitative estimate of drug-likeness (QED) is 0.577. The van der Waals surface area contributed by atoms with Gasteiger partial charge in [0.25, 0.3) is 0 Å². The number of hydrogen-bond donors (Lipinski definition) is 3. The summed E-state index contributed by atoms with van der Waals surface area (Å²) < 4.78 is 0. The monoisotopic (exact) mass is 214 g/mol. The van der Waals surface area contributed by atoms with E-state index in [0.29, 0.717) is 6.54 Å². The molecule has 15 heavy (non-hydrogen) atoms. The van der Waals surface area contributed by atoms with E-state index >= 15 is 0 Å². The molecule has 2 fully saturated rings. The number of aliphatic hydroxyl groups excluding tert-OH is 1. The number of likely N-dealkylation sites (tertiary alicyclic amines) is 1. The maximum atomic E-state index is 10.8. The third-order valence-corrected chi connectivity index (χ3v) is 3.46. The fraction of sp³-hybridized carbons (Fsp3) is 0.900. The van der Waals surface area contributed by atoms with Gasteiger partial charge >= 0.3 is 5.97 Å². The highest BCUT2D eigenvalue weighted by molar-refractivity contribution is 5.68. The van der Waals surface area contributed by atoms with Crippen LogP contribution in [0, 0.1) is 0 Å². The standard InChI is InChI=1S/C10H18N2O3/c13-8-2-1-3-12(5-8)10(4-9(14)15)6-11-7-10/h8,11,13H,1-7H2,(H,14,15). The van der Waals surface area contributed by atoms with E-state index in [4.69, 9.17) is 5.11 Å². The number of rotatable bonds is 3. The summed E-state index contributed by atoms with van der Waals surface area (Å²) in [5.41, 5.74) is -0.243. The second-order valence-electron chi connectivity index (χ2n) is 4.64. The van der Waals surface area contributed by atoms with Gasteiger partial charge in [-0.25, -0.2) is 0 Å². The number of carboxylic acid groups (broad SMARTS) is 1. The molecule has 2 aliphatic rings. The van der Waals surface area contributed by atoms with Gasteiger partial charge in [0.2, 0.25) is 0 Å². The highest BCUT2D eigenvalue weighted by Gasteiger charge is 2.45. The van der Waals surface area contributed by atoms with Crippen molar-refractivity contribution in [2.24, 2.45) is 0 Å². The van der Waals surface area contributed by atoms with Crippen molar-refractivity contribution in [1.82, 2.24) is 10.2 Å². The lowest BCUT2D eigenvalue weighted by atomic mass is 9.84. The number of carboxylic acids is 1. The van der Waals surface area contributed by atoms with Crippen LogP contribution in [-0.4, -0.2) is 58.9 Å². The van der Waals surface area contributed by atoms with Gasteiger partial charge in [-0.1, -0.05) is 0 Å². The van der Waals surface area contributed by atoms with Crippen molar-refractivity contribution in [2.45, 2.75) is 30.9 Å². The van der Waals surface area contributed by atoms with Crippen molar-refractivity contribution in [3.8, 4) is 0 Å². The Hall–Kier alpha value is -0.650. The van der Waals surface area contributed by atoms with Gasteiger partial charge in [0.05, 0.1) is 18.1 Å². The molecule has 2 saturated heterocycles. The first-order valence-corrected chi connectivity index (χ1v) is 5.48. The molecule has 0 spiro atoms. The Bertz CT molecular complexity index is 253. The van der Waals surface area contributed by atoms with Gasteiger partial charge in [0, 0.05) is 19.6 Å². The average molecular weight is 214 g/mol. The minimum atomic E-state index is -0.753. The smallest absolute Gasteiger partial charge is 0.305 e. The van der Waals surface area contributed by atoms with Crippen LogP contribution in [0.3, 0.4) is 0 Å². The normalized spacial score (nSPS) is 30.9. The van der Waals surface area contributed by atoms with E-state index in [9.17, 15) is 9.90 Å². The molecule has 86 valence electrons. The zero-order chi connectivity index (χ0) is 10.9. The Kier molecular flexibility index (Phi) is 2.95. The molecule has 2 rings (SSSR count). The highest BCUT2D eigenvalue weighted by atomic mass is 16.4. The molecule has 0 saturated carbocycles. The molecule has 1 unspecified atom stereocenters. The predicted octanol–water partition coefficient (Wildman–Crippen LogP) is -0.740. The number of nitrogens with zero attached hydrogens (tertiary/aromatic N) is 1. The first-order valence-electron chi connectivity index (χ1n) is 5.48. The lowest BCUT2D eigenvalue weighted by Crippen LogP contribution is -2.71. The van der Waals surface area contributed by atoms with E-state index in [1.807, 2.05) is 0 Å². The van der Waals surface area contributed by atoms with Crippen LogP contribution in [0.1, 0.15) is 19.3 Å². The molecule has 0 aromatic carbocycles. The number of aliphatic carboxylic acids is 1. The van der Waals surface area contributed by atoms with Crippen molar-refractivity contribution in [3.63, 3.8) is 0 Å². The van der Waals surface area contributed by atoms with Crippen molar-refractivity contribution >= 4 is 5.97 Å². The van der Waals surface area contributed by atoms with Gasteiger partial charge in [-0.2, -0.15) is 0 Å². The molecule has 0 aromatic heterocycles. The van der Waals surface area contributed by atoms with Gasteiger partial charge in [-0.3, -0.25) is 9.69 Å². The number of hydrogen-bond acceptors (Lipinski definition) is 4. The van der Waals surface area contributed by atoms with Crippen LogP contribution in [0.4, 0.5) is 0 Å². The summed E-state index contributed by atoms with van der Waals surface area (Å²) in [5, 5.41) is 21.6. The fourth-order valence-electron chi connectivity index (χ4n) is 2.54. The van der Waals surface area contributed by atoms with Gasteiger partial charge in [0.15, 0.2) is 0 Å². The van der Waals surface area contributed by atoms with Crippen molar-refractivity contribution in [1.29, 1.82) is 0 Å². The fourth-order valence-corrected chi connectivity index (χ4v) is 2.54. The van der Waals surface area contributed by atoms with Gasteiger partial charge in [0.1, 0.15) is 0 Å². The minimum absolute atomic E-state index is 0.173. The SMILES string of the molecule is O=C(O)CC1(N2CCCC(O)C2)CNC1. The second-order valence-corrected chi connectivity index (χ2v) is 4.64. The number of carbonyl (C=O) groups is 1. The number of β-amino-alcohol motifs (C(OH)–C–C–N with tert-alkyl or cyclic N) is 1. The molecule has 3 N–H and O–H groups in total. The van der Waals surface area contributed by atoms with Crippen LogP contribution >= 0.6 is 0 Å². The van der Waals surface area contributed by atoms with Crippen molar-refractivity contribution in [2.75, 3.05) is 26.2 Å².